The number of hydrogen-bond donors (Lipinski definition) is 1. The Balaban J connectivity index is 2.29. The molecule has 2 amide bonds. The molecular formula is C23H28Cl2N2O2. The summed E-state index contributed by atoms with van der Waals surface area (Å²) in [7, 11) is 0. The molecule has 0 radical (unpaired) electrons. The molecule has 6 heteroatoms. The molecule has 0 unspecified atom stereocenters. The molecule has 2 aromatic rings. The van der Waals surface area contributed by atoms with Crippen LogP contribution in [0.1, 0.15) is 43.4 Å². The van der Waals surface area contributed by atoms with E-state index in [0.29, 0.717) is 29.6 Å². The maximum atomic E-state index is 13.2. The van der Waals surface area contributed by atoms with Crippen LogP contribution in [0.15, 0.2) is 42.5 Å². The SMILES string of the molecule is CCCNC(=O)[C@@H](CC)N(Cc1cccc(C)c1)C(=O)Cc1ccc(Cl)c(Cl)c1. The van der Waals surface area contributed by atoms with Crippen molar-refractivity contribution >= 4 is 35.0 Å². The summed E-state index contributed by atoms with van der Waals surface area (Å²) in [4.78, 5) is 27.7. The Bertz CT molecular complexity index is 855. The van der Waals surface area contributed by atoms with Gasteiger partial charge in [0, 0.05) is 13.1 Å². The summed E-state index contributed by atoms with van der Waals surface area (Å²) in [5.41, 5.74) is 2.87. The number of nitrogens with zero attached hydrogens (tertiary/aromatic N) is 1. The summed E-state index contributed by atoms with van der Waals surface area (Å²) in [5.74, 6) is -0.243. The van der Waals surface area contributed by atoms with Gasteiger partial charge in [0.15, 0.2) is 0 Å². The van der Waals surface area contributed by atoms with Gasteiger partial charge >= 0.3 is 0 Å². The predicted octanol–water partition coefficient (Wildman–Crippen LogP) is 5.18. The Labute approximate surface area is 183 Å². The quantitative estimate of drug-likeness (QED) is 0.590. The van der Waals surface area contributed by atoms with Crippen molar-refractivity contribution in [1.29, 1.82) is 0 Å². The summed E-state index contributed by atoms with van der Waals surface area (Å²) in [6.45, 7) is 6.90. The number of nitrogens with one attached hydrogen (secondary N) is 1. The second-order valence-corrected chi connectivity index (χ2v) is 7.97. The van der Waals surface area contributed by atoms with Crippen molar-refractivity contribution in [2.45, 2.75) is 52.6 Å². The molecule has 0 saturated carbocycles. The minimum Gasteiger partial charge on any atom is -0.354 e. The highest BCUT2D eigenvalue weighted by molar-refractivity contribution is 6.42. The monoisotopic (exact) mass is 434 g/mol. The van der Waals surface area contributed by atoms with Crippen molar-refractivity contribution in [3.63, 3.8) is 0 Å². The van der Waals surface area contributed by atoms with Gasteiger partial charge in [0.2, 0.25) is 11.8 Å². The molecule has 2 rings (SSSR count). The highest BCUT2D eigenvalue weighted by atomic mass is 35.5. The van der Waals surface area contributed by atoms with Gasteiger partial charge in [0.25, 0.3) is 0 Å². The molecule has 0 spiro atoms. The van der Waals surface area contributed by atoms with E-state index in [1.807, 2.05) is 45.0 Å². The largest absolute Gasteiger partial charge is 0.354 e. The Hall–Kier alpha value is -2.04. The standard InChI is InChI=1S/C23H28Cl2N2O2/c1-4-11-26-23(29)21(5-2)27(15-18-8-6-7-16(3)12-18)22(28)14-17-9-10-19(24)20(25)13-17/h6-10,12-13,21H,4-5,11,14-15H2,1-3H3,(H,26,29)/t21-/m1/s1. The van der Waals surface area contributed by atoms with E-state index >= 15 is 0 Å². The van der Waals surface area contributed by atoms with Crippen LogP contribution in [0.4, 0.5) is 0 Å². The highest BCUT2D eigenvalue weighted by Crippen LogP contribution is 2.23. The van der Waals surface area contributed by atoms with Crippen LogP contribution in [0.2, 0.25) is 10.0 Å². The average Bonchev–Trinajstić information content (AvgIpc) is 2.69. The van der Waals surface area contributed by atoms with E-state index in [0.717, 1.165) is 23.1 Å². The number of hydrogen-bond acceptors (Lipinski definition) is 2. The van der Waals surface area contributed by atoms with E-state index in [1.165, 1.54) is 0 Å². The maximum absolute atomic E-state index is 13.2. The first-order chi connectivity index (χ1) is 13.8. The van der Waals surface area contributed by atoms with E-state index in [4.69, 9.17) is 23.2 Å². The van der Waals surface area contributed by atoms with E-state index in [2.05, 4.69) is 5.32 Å². The molecular weight excluding hydrogens is 407 g/mol. The summed E-state index contributed by atoms with van der Waals surface area (Å²) in [6, 6.07) is 12.6. The van der Waals surface area contributed by atoms with Gasteiger partial charge in [-0.2, -0.15) is 0 Å². The molecule has 29 heavy (non-hydrogen) atoms. The second kappa shape index (κ2) is 11.2. The number of rotatable bonds is 9. The van der Waals surface area contributed by atoms with Crippen molar-refractivity contribution < 1.29 is 9.59 Å². The second-order valence-electron chi connectivity index (χ2n) is 7.15. The summed E-state index contributed by atoms with van der Waals surface area (Å²) in [6.07, 6.45) is 1.53. The first-order valence-electron chi connectivity index (χ1n) is 9.92. The van der Waals surface area contributed by atoms with Crippen molar-refractivity contribution in [2.24, 2.45) is 0 Å². The third-order valence-electron chi connectivity index (χ3n) is 4.71. The predicted molar refractivity (Wildman–Crippen MR) is 119 cm³/mol. The van der Waals surface area contributed by atoms with Gasteiger partial charge in [-0.05, 0) is 43.0 Å². The third-order valence-corrected chi connectivity index (χ3v) is 5.45. The topological polar surface area (TPSA) is 49.4 Å². The summed E-state index contributed by atoms with van der Waals surface area (Å²) in [5, 5.41) is 3.79. The summed E-state index contributed by atoms with van der Waals surface area (Å²) >= 11 is 12.1. The van der Waals surface area contributed by atoms with Crippen molar-refractivity contribution in [3.05, 3.63) is 69.2 Å². The summed E-state index contributed by atoms with van der Waals surface area (Å²) < 4.78 is 0. The Morgan fingerprint density at radius 1 is 1.03 bits per heavy atom. The van der Waals surface area contributed by atoms with Crippen LogP contribution >= 0.6 is 23.2 Å². The first kappa shape index (κ1) is 23.2. The number of aryl methyl sites for hydroxylation is 1. The number of carbonyl (C=O) groups is 2. The lowest BCUT2D eigenvalue weighted by Gasteiger charge is -2.31. The van der Waals surface area contributed by atoms with E-state index in [-0.39, 0.29) is 18.2 Å². The van der Waals surface area contributed by atoms with Crippen molar-refractivity contribution in [3.8, 4) is 0 Å². The lowest BCUT2D eigenvalue weighted by atomic mass is 10.1. The maximum Gasteiger partial charge on any atom is 0.242 e. The van der Waals surface area contributed by atoms with Gasteiger partial charge < -0.3 is 10.2 Å². The smallest absolute Gasteiger partial charge is 0.242 e. The zero-order valence-corrected chi connectivity index (χ0v) is 18.7. The van der Waals surface area contributed by atoms with E-state index in [1.54, 1.807) is 23.1 Å². The minimum absolute atomic E-state index is 0.121. The molecule has 0 aliphatic carbocycles. The Kier molecular flexibility index (Phi) is 8.99. The fourth-order valence-corrected chi connectivity index (χ4v) is 3.54. The third kappa shape index (κ3) is 6.76. The normalized spacial score (nSPS) is 11.8. The van der Waals surface area contributed by atoms with Gasteiger partial charge in [-0.1, -0.05) is 72.9 Å². The van der Waals surface area contributed by atoms with Crippen LogP contribution in [0.25, 0.3) is 0 Å². The molecule has 0 aliphatic heterocycles. The van der Waals surface area contributed by atoms with Gasteiger partial charge in [-0.3, -0.25) is 9.59 Å². The molecule has 1 atom stereocenters. The molecule has 0 fully saturated rings. The molecule has 156 valence electrons. The molecule has 0 aromatic heterocycles. The molecule has 1 N–H and O–H groups in total. The first-order valence-corrected chi connectivity index (χ1v) is 10.7. The molecule has 0 bridgehead atoms. The highest BCUT2D eigenvalue weighted by Gasteiger charge is 2.28. The van der Waals surface area contributed by atoms with Gasteiger partial charge in [0.1, 0.15) is 6.04 Å². The average molecular weight is 435 g/mol. The molecule has 4 nitrogen and oxygen atoms in total. The lowest BCUT2D eigenvalue weighted by molar-refractivity contribution is -0.140. The molecule has 0 aliphatic rings. The molecule has 0 heterocycles. The zero-order chi connectivity index (χ0) is 21.4. The van der Waals surface area contributed by atoms with Gasteiger partial charge in [-0.15, -0.1) is 0 Å². The van der Waals surface area contributed by atoms with Crippen LogP contribution in [-0.2, 0) is 22.6 Å². The van der Waals surface area contributed by atoms with Gasteiger partial charge in [0.05, 0.1) is 16.5 Å². The minimum atomic E-state index is -0.530. The fraction of sp³-hybridized carbons (Fsp3) is 0.391. The van der Waals surface area contributed by atoms with E-state index in [9.17, 15) is 9.59 Å². The van der Waals surface area contributed by atoms with Crippen molar-refractivity contribution in [1.82, 2.24) is 10.2 Å². The molecule has 0 saturated heterocycles. The van der Waals surface area contributed by atoms with Crippen LogP contribution in [0.5, 0.6) is 0 Å². The van der Waals surface area contributed by atoms with Crippen LogP contribution < -0.4 is 5.32 Å². The number of benzene rings is 2. The lowest BCUT2D eigenvalue weighted by Crippen LogP contribution is -2.49. The number of carbonyl (C=O) groups excluding carboxylic acids is 2. The van der Waals surface area contributed by atoms with Crippen LogP contribution in [-0.4, -0.2) is 29.3 Å². The van der Waals surface area contributed by atoms with Crippen molar-refractivity contribution in [2.75, 3.05) is 6.54 Å². The van der Waals surface area contributed by atoms with E-state index < -0.39 is 6.04 Å². The number of halogens is 2. The zero-order valence-electron chi connectivity index (χ0n) is 17.2. The van der Waals surface area contributed by atoms with Crippen LogP contribution in [0.3, 0.4) is 0 Å². The number of amides is 2. The Morgan fingerprint density at radius 3 is 2.41 bits per heavy atom. The van der Waals surface area contributed by atoms with Gasteiger partial charge in [-0.25, -0.2) is 0 Å². The Morgan fingerprint density at radius 2 is 1.79 bits per heavy atom. The molecule has 2 aromatic carbocycles. The van der Waals surface area contributed by atoms with Crippen LogP contribution in [0, 0.1) is 6.92 Å². The fourth-order valence-electron chi connectivity index (χ4n) is 3.22.